The molecule has 3 fully saturated rings. The monoisotopic (exact) mass is 545 g/mol. The van der Waals surface area contributed by atoms with Crippen LogP contribution in [0.25, 0.3) is 11.4 Å². The number of rotatable bonds is 8. The minimum atomic E-state index is -0.914. The molecule has 1 aliphatic carbocycles. The van der Waals surface area contributed by atoms with Gasteiger partial charge in [0.25, 0.3) is 5.91 Å². The number of aromatic nitrogens is 3. The van der Waals surface area contributed by atoms with E-state index in [4.69, 9.17) is 0 Å². The first-order valence-corrected chi connectivity index (χ1v) is 13.5. The van der Waals surface area contributed by atoms with Gasteiger partial charge in [0, 0.05) is 26.6 Å². The van der Waals surface area contributed by atoms with Gasteiger partial charge in [-0.2, -0.15) is 0 Å². The summed E-state index contributed by atoms with van der Waals surface area (Å²) in [6, 6.07) is 2.92. The average Bonchev–Trinajstić information content (AvgIpc) is 3.35. The third-order valence-electron chi connectivity index (χ3n) is 8.16. The molecule has 0 spiro atoms. The predicted molar refractivity (Wildman–Crippen MR) is 145 cm³/mol. The maximum atomic E-state index is 13.3. The molecule has 13 heteroatoms. The quantitative estimate of drug-likeness (QED) is 0.518. The summed E-state index contributed by atoms with van der Waals surface area (Å²) in [6.07, 6.45) is 5.61. The van der Waals surface area contributed by atoms with Crippen molar-refractivity contribution in [2.45, 2.75) is 44.9 Å². The lowest BCUT2D eigenvalue weighted by Crippen LogP contribution is -2.66. The summed E-state index contributed by atoms with van der Waals surface area (Å²) >= 11 is 0. The summed E-state index contributed by atoms with van der Waals surface area (Å²) in [5.74, 6) is 1.59. The number of urea groups is 1. The summed E-state index contributed by atoms with van der Waals surface area (Å²) in [4.78, 5) is 75.3. The number of pyridine rings is 1. The van der Waals surface area contributed by atoms with Gasteiger partial charge in [0.05, 0.1) is 31.0 Å². The number of likely N-dealkylation sites (N-methyl/N-ethyl adjacent to an activating group) is 1. The molecule has 6 rings (SSSR count). The SMILES string of the molecule is CCC(=O)CN1C(=O)C2C(N=CN2[C@@H](C)C(=O)Nc2cccc(-c3cnc(N4CC5CC5C4)cn3)n2)N(C)C1=O. The largest absolute Gasteiger partial charge is 0.355 e. The van der Waals surface area contributed by atoms with Gasteiger partial charge in [-0.25, -0.2) is 24.7 Å². The molecule has 40 heavy (non-hydrogen) atoms. The number of fused-ring (bicyclic) bond motifs is 2. The fourth-order valence-corrected chi connectivity index (χ4v) is 5.57. The number of Topliss-reactive ketones (excluding diaryl/α,β-unsaturated/α-hetero) is 1. The molecule has 4 unspecified atom stereocenters. The third kappa shape index (κ3) is 4.54. The normalized spacial score (nSPS) is 25.7. The Morgan fingerprint density at radius 1 is 1.10 bits per heavy atom. The van der Waals surface area contributed by atoms with Crippen LogP contribution in [0, 0.1) is 11.8 Å². The minimum absolute atomic E-state index is 0.203. The summed E-state index contributed by atoms with van der Waals surface area (Å²) in [7, 11) is 1.53. The Balaban J connectivity index is 1.13. The summed E-state index contributed by atoms with van der Waals surface area (Å²) in [6.45, 7) is 5.08. The molecule has 208 valence electrons. The van der Waals surface area contributed by atoms with Crippen LogP contribution in [0.1, 0.15) is 26.7 Å². The first-order chi connectivity index (χ1) is 19.2. The van der Waals surface area contributed by atoms with Crippen LogP contribution >= 0.6 is 0 Å². The van der Waals surface area contributed by atoms with Crippen molar-refractivity contribution in [3.63, 3.8) is 0 Å². The van der Waals surface area contributed by atoms with Crippen LogP contribution in [-0.4, -0.2) is 105 Å². The first-order valence-electron chi connectivity index (χ1n) is 13.5. The second kappa shape index (κ2) is 9.96. The maximum Gasteiger partial charge on any atom is 0.328 e. The molecule has 1 saturated carbocycles. The van der Waals surface area contributed by atoms with Crippen molar-refractivity contribution in [2.24, 2.45) is 16.8 Å². The average molecular weight is 546 g/mol. The molecule has 4 aliphatic rings. The van der Waals surface area contributed by atoms with Crippen LogP contribution in [0.5, 0.6) is 0 Å². The molecule has 5 atom stereocenters. The molecular weight excluding hydrogens is 514 g/mol. The maximum absolute atomic E-state index is 13.3. The van der Waals surface area contributed by atoms with Crippen molar-refractivity contribution < 1.29 is 19.2 Å². The Kier molecular flexibility index (Phi) is 6.43. The molecule has 1 N–H and O–H groups in total. The van der Waals surface area contributed by atoms with E-state index in [-0.39, 0.29) is 18.7 Å². The Morgan fingerprint density at radius 2 is 1.88 bits per heavy atom. The molecule has 4 amide bonds. The van der Waals surface area contributed by atoms with Crippen LogP contribution in [-0.2, 0) is 14.4 Å². The Labute approximate surface area is 231 Å². The fourth-order valence-electron chi connectivity index (χ4n) is 5.57. The van der Waals surface area contributed by atoms with E-state index in [1.807, 2.05) is 0 Å². The lowest BCUT2D eigenvalue weighted by atomic mass is 10.1. The third-order valence-corrected chi connectivity index (χ3v) is 8.16. The van der Waals surface area contributed by atoms with Crippen molar-refractivity contribution >= 4 is 41.6 Å². The molecule has 0 radical (unpaired) electrons. The number of ketones is 1. The van der Waals surface area contributed by atoms with Gasteiger partial charge in [-0.15, -0.1) is 0 Å². The highest BCUT2D eigenvalue weighted by Gasteiger charge is 2.51. The van der Waals surface area contributed by atoms with Crippen molar-refractivity contribution in [2.75, 3.05) is 36.9 Å². The molecule has 13 nitrogen and oxygen atoms in total. The minimum Gasteiger partial charge on any atom is -0.355 e. The van der Waals surface area contributed by atoms with Gasteiger partial charge in [0.1, 0.15) is 23.4 Å². The van der Waals surface area contributed by atoms with Crippen LogP contribution < -0.4 is 10.2 Å². The molecule has 5 heterocycles. The van der Waals surface area contributed by atoms with Crippen molar-refractivity contribution in [3.05, 3.63) is 30.6 Å². The Bertz CT molecular complexity index is 1390. The highest BCUT2D eigenvalue weighted by Crippen LogP contribution is 2.45. The van der Waals surface area contributed by atoms with Gasteiger partial charge < -0.3 is 20.0 Å². The van der Waals surface area contributed by atoms with Gasteiger partial charge in [-0.3, -0.25) is 19.3 Å². The van der Waals surface area contributed by atoms with E-state index in [0.717, 1.165) is 35.6 Å². The number of piperidine rings is 1. The number of aliphatic imine (C=N–C) groups is 1. The molecule has 2 saturated heterocycles. The van der Waals surface area contributed by atoms with Gasteiger partial charge in [0.2, 0.25) is 5.91 Å². The van der Waals surface area contributed by atoms with Crippen molar-refractivity contribution in [1.82, 2.24) is 29.7 Å². The number of amides is 4. The Morgan fingerprint density at radius 3 is 2.58 bits per heavy atom. The summed E-state index contributed by atoms with van der Waals surface area (Å²) < 4.78 is 0. The number of hydrogen-bond donors (Lipinski definition) is 1. The summed E-state index contributed by atoms with van der Waals surface area (Å²) in [5, 5.41) is 2.81. The zero-order chi connectivity index (χ0) is 28.1. The highest BCUT2D eigenvalue weighted by atomic mass is 16.2. The van der Waals surface area contributed by atoms with Gasteiger partial charge >= 0.3 is 6.03 Å². The molecule has 3 aliphatic heterocycles. The first kappa shape index (κ1) is 25.8. The number of imide groups is 1. The second-order valence-electron chi connectivity index (χ2n) is 10.8. The van der Waals surface area contributed by atoms with Crippen molar-refractivity contribution in [3.8, 4) is 11.4 Å². The van der Waals surface area contributed by atoms with E-state index < -0.39 is 36.1 Å². The zero-order valence-corrected chi connectivity index (χ0v) is 22.6. The Hall–Kier alpha value is -4.42. The predicted octanol–water partition coefficient (Wildman–Crippen LogP) is 1.23. The van der Waals surface area contributed by atoms with Crippen molar-refractivity contribution in [1.29, 1.82) is 0 Å². The molecule has 2 aromatic heterocycles. The molecular formula is C27H31N9O4. The second-order valence-corrected chi connectivity index (χ2v) is 10.8. The number of nitrogens with zero attached hydrogens (tertiary/aromatic N) is 8. The number of hydrogen-bond acceptors (Lipinski definition) is 10. The van der Waals surface area contributed by atoms with Crippen LogP contribution in [0.2, 0.25) is 0 Å². The van der Waals surface area contributed by atoms with Gasteiger partial charge in [-0.05, 0) is 37.3 Å². The van der Waals surface area contributed by atoms with Gasteiger partial charge in [0.15, 0.2) is 18.0 Å². The lowest BCUT2D eigenvalue weighted by Gasteiger charge is -2.42. The topological polar surface area (TPSA) is 144 Å². The highest BCUT2D eigenvalue weighted by molar-refractivity contribution is 6.05. The molecule has 2 aromatic rings. The zero-order valence-electron chi connectivity index (χ0n) is 22.6. The van der Waals surface area contributed by atoms with Gasteiger partial charge in [-0.1, -0.05) is 13.0 Å². The smallest absolute Gasteiger partial charge is 0.328 e. The van der Waals surface area contributed by atoms with E-state index in [1.165, 1.54) is 29.6 Å². The van der Waals surface area contributed by atoms with Crippen LogP contribution in [0.15, 0.2) is 35.6 Å². The number of carbonyl (C=O) groups excluding carboxylic acids is 4. The number of nitrogens with one attached hydrogen (secondary N) is 1. The molecule has 0 aromatic carbocycles. The van der Waals surface area contributed by atoms with E-state index in [1.54, 1.807) is 44.4 Å². The van der Waals surface area contributed by atoms with E-state index >= 15 is 0 Å². The van der Waals surface area contributed by atoms with E-state index in [9.17, 15) is 19.2 Å². The summed E-state index contributed by atoms with van der Waals surface area (Å²) in [5.41, 5.74) is 1.16. The lowest BCUT2D eigenvalue weighted by molar-refractivity contribution is -0.141. The number of carbonyl (C=O) groups is 4. The fraction of sp³-hybridized carbons (Fsp3) is 0.481. The standard InChI is InChI=1S/C27H31N9O4/c1-4-18(37)13-35-26(39)23-24(33(3)27(35)40)30-14-36(23)15(2)25(38)32-21-7-5-6-19(31-21)20-9-29-22(10-28-20)34-11-16-8-17(16)12-34/h5-7,9-10,14-17,23-24H,4,8,11-13H2,1-3H3,(H,31,32,38)/t15-,16?,17?,23?,24?/m0/s1. The van der Waals surface area contributed by atoms with E-state index in [2.05, 4.69) is 30.2 Å². The van der Waals surface area contributed by atoms with E-state index in [0.29, 0.717) is 17.2 Å². The number of anilines is 2. The van der Waals surface area contributed by atoms with Crippen LogP contribution in [0.3, 0.4) is 0 Å². The van der Waals surface area contributed by atoms with Crippen LogP contribution in [0.4, 0.5) is 16.4 Å². The molecule has 0 bridgehead atoms.